The monoisotopic (exact) mass is 288 g/mol. The number of hydroxylamine groups is 1. The summed E-state index contributed by atoms with van der Waals surface area (Å²) in [5.41, 5.74) is 7.44. The first-order valence-corrected chi connectivity index (χ1v) is 5.49. The fourth-order valence-corrected chi connectivity index (χ4v) is 1.34. The van der Waals surface area contributed by atoms with Gasteiger partial charge in [-0.15, -0.1) is 0 Å². The summed E-state index contributed by atoms with van der Waals surface area (Å²) in [7, 11) is 0. The molecule has 0 aliphatic rings. The second-order valence-corrected chi connectivity index (χ2v) is 3.87. The number of amides is 1. The van der Waals surface area contributed by atoms with Crippen molar-refractivity contribution in [3.05, 3.63) is 28.7 Å². The molecule has 0 saturated heterocycles. The maximum atomic E-state index is 10.3. The molecule has 0 heterocycles. The molecule has 3 N–H and O–H groups in total. The van der Waals surface area contributed by atoms with Crippen LogP contribution in [0, 0.1) is 0 Å². The van der Waals surface area contributed by atoms with Crippen LogP contribution in [0.2, 0.25) is 0 Å². The number of carbonyl (C=O) groups excluding carboxylic acids is 1. The molecule has 88 valence electrons. The summed E-state index contributed by atoms with van der Waals surface area (Å²) < 4.78 is 6.37. The summed E-state index contributed by atoms with van der Waals surface area (Å²) >= 11 is 3.34. The summed E-state index contributed by atoms with van der Waals surface area (Å²) in [6, 6.07) is 7.52. The number of nitrogens with two attached hydrogens (primary N) is 1. The molecule has 0 fully saturated rings. The molecule has 0 atom stereocenters. The van der Waals surface area contributed by atoms with Crippen LogP contribution in [0.5, 0.6) is 5.75 Å². The number of rotatable bonds is 7. The molecule has 5 nitrogen and oxygen atoms in total. The Morgan fingerprint density at radius 1 is 1.50 bits per heavy atom. The lowest BCUT2D eigenvalue weighted by Gasteiger charge is -2.07. The van der Waals surface area contributed by atoms with Gasteiger partial charge in [-0.3, -0.25) is 9.63 Å². The molecule has 0 aliphatic heterocycles. The zero-order valence-electron chi connectivity index (χ0n) is 8.61. The molecule has 1 amide bonds. The van der Waals surface area contributed by atoms with Crippen LogP contribution in [-0.4, -0.2) is 25.7 Å². The van der Waals surface area contributed by atoms with Crippen LogP contribution in [0.25, 0.3) is 0 Å². The van der Waals surface area contributed by atoms with Crippen LogP contribution in [0.15, 0.2) is 28.7 Å². The quantitative estimate of drug-likeness (QED) is 0.576. The van der Waals surface area contributed by atoms with Crippen molar-refractivity contribution in [3.8, 4) is 5.75 Å². The molecule has 0 bridgehead atoms. The maximum absolute atomic E-state index is 10.3. The zero-order valence-corrected chi connectivity index (χ0v) is 10.2. The van der Waals surface area contributed by atoms with Gasteiger partial charge in [-0.2, -0.15) is 5.48 Å². The topological polar surface area (TPSA) is 73.6 Å². The van der Waals surface area contributed by atoms with E-state index in [-0.39, 0.29) is 6.61 Å². The zero-order chi connectivity index (χ0) is 11.8. The van der Waals surface area contributed by atoms with Gasteiger partial charge in [-0.25, -0.2) is 0 Å². The van der Waals surface area contributed by atoms with Crippen LogP contribution in [-0.2, 0) is 9.63 Å². The minimum atomic E-state index is -0.514. The standard InChI is InChI=1S/C10H13BrN2O3/c11-8-2-1-3-9(6-8)15-5-4-13-16-7-10(12)14/h1-3,6,13H,4-5,7H2,(H2,12,14). The molecular formula is C10H13BrN2O3. The van der Waals surface area contributed by atoms with Crippen molar-refractivity contribution in [1.29, 1.82) is 0 Å². The molecule has 0 unspecified atom stereocenters. The number of hydrogen-bond donors (Lipinski definition) is 2. The predicted molar refractivity (Wildman–Crippen MR) is 62.8 cm³/mol. The van der Waals surface area contributed by atoms with E-state index in [0.29, 0.717) is 13.2 Å². The van der Waals surface area contributed by atoms with Crippen LogP contribution >= 0.6 is 15.9 Å². The fraction of sp³-hybridized carbons (Fsp3) is 0.300. The number of carbonyl (C=O) groups is 1. The van der Waals surface area contributed by atoms with Gasteiger partial charge >= 0.3 is 0 Å². The van der Waals surface area contributed by atoms with Gasteiger partial charge in [0.1, 0.15) is 19.0 Å². The number of primary amides is 1. The average molecular weight is 289 g/mol. The van der Waals surface area contributed by atoms with Crippen molar-refractivity contribution in [1.82, 2.24) is 5.48 Å². The maximum Gasteiger partial charge on any atom is 0.245 e. The van der Waals surface area contributed by atoms with E-state index >= 15 is 0 Å². The molecule has 0 aromatic heterocycles. The van der Waals surface area contributed by atoms with Crippen LogP contribution in [0.4, 0.5) is 0 Å². The van der Waals surface area contributed by atoms with Gasteiger partial charge in [0.15, 0.2) is 0 Å². The SMILES string of the molecule is NC(=O)CONCCOc1cccc(Br)c1. The molecule has 1 aromatic rings. The van der Waals surface area contributed by atoms with E-state index in [1.165, 1.54) is 0 Å². The lowest BCUT2D eigenvalue weighted by atomic mass is 10.3. The third-order valence-electron chi connectivity index (χ3n) is 1.59. The van der Waals surface area contributed by atoms with Crippen molar-refractivity contribution in [2.75, 3.05) is 19.8 Å². The smallest absolute Gasteiger partial charge is 0.245 e. The van der Waals surface area contributed by atoms with Crippen LogP contribution in [0.3, 0.4) is 0 Å². The van der Waals surface area contributed by atoms with Crippen molar-refractivity contribution in [3.63, 3.8) is 0 Å². The summed E-state index contributed by atoms with van der Waals surface area (Å²) in [5.74, 6) is 0.256. The third-order valence-corrected chi connectivity index (χ3v) is 2.08. The highest BCUT2D eigenvalue weighted by Gasteiger charge is 1.95. The lowest BCUT2D eigenvalue weighted by Crippen LogP contribution is -2.27. The number of nitrogens with one attached hydrogen (secondary N) is 1. The van der Waals surface area contributed by atoms with Crippen LogP contribution in [0.1, 0.15) is 0 Å². The van der Waals surface area contributed by atoms with E-state index < -0.39 is 5.91 Å². The summed E-state index contributed by atoms with van der Waals surface area (Å²) in [4.78, 5) is 15.1. The van der Waals surface area contributed by atoms with E-state index in [1.807, 2.05) is 24.3 Å². The van der Waals surface area contributed by atoms with Crippen LogP contribution < -0.4 is 16.0 Å². The molecule has 0 radical (unpaired) electrons. The van der Waals surface area contributed by atoms with E-state index in [0.717, 1.165) is 10.2 Å². The molecule has 16 heavy (non-hydrogen) atoms. The molecule has 0 spiro atoms. The molecule has 0 aliphatic carbocycles. The van der Waals surface area contributed by atoms with Crippen molar-refractivity contribution in [2.24, 2.45) is 5.73 Å². The minimum absolute atomic E-state index is 0.142. The minimum Gasteiger partial charge on any atom is -0.492 e. The van der Waals surface area contributed by atoms with Crippen molar-refractivity contribution < 1.29 is 14.4 Å². The summed E-state index contributed by atoms with van der Waals surface area (Å²) in [6.45, 7) is 0.770. The Kier molecular flexibility index (Phi) is 5.84. The molecule has 0 saturated carbocycles. The van der Waals surface area contributed by atoms with Gasteiger partial charge in [-0.1, -0.05) is 22.0 Å². The van der Waals surface area contributed by atoms with E-state index in [2.05, 4.69) is 21.4 Å². The molecule has 1 rings (SSSR count). The second kappa shape index (κ2) is 7.21. The highest BCUT2D eigenvalue weighted by Crippen LogP contribution is 2.17. The van der Waals surface area contributed by atoms with Gasteiger partial charge in [0.2, 0.25) is 5.91 Å². The fourth-order valence-electron chi connectivity index (χ4n) is 0.962. The Hall–Kier alpha value is -1.11. The Bertz CT molecular complexity index is 347. The largest absolute Gasteiger partial charge is 0.492 e. The summed E-state index contributed by atoms with van der Waals surface area (Å²) in [5, 5.41) is 0. The molecule has 6 heteroatoms. The van der Waals surface area contributed by atoms with Gasteiger partial charge in [0, 0.05) is 4.47 Å². The van der Waals surface area contributed by atoms with E-state index in [1.54, 1.807) is 0 Å². The second-order valence-electron chi connectivity index (χ2n) is 2.96. The Morgan fingerprint density at radius 2 is 2.31 bits per heavy atom. The molecular weight excluding hydrogens is 276 g/mol. The average Bonchev–Trinajstić information content (AvgIpc) is 2.23. The lowest BCUT2D eigenvalue weighted by molar-refractivity contribution is -0.125. The normalized spacial score (nSPS) is 10.1. The molecule has 1 aromatic carbocycles. The number of halogens is 1. The first-order chi connectivity index (χ1) is 7.68. The van der Waals surface area contributed by atoms with E-state index in [9.17, 15) is 4.79 Å². The van der Waals surface area contributed by atoms with Crippen molar-refractivity contribution in [2.45, 2.75) is 0 Å². The highest BCUT2D eigenvalue weighted by molar-refractivity contribution is 9.10. The highest BCUT2D eigenvalue weighted by atomic mass is 79.9. The third kappa shape index (κ3) is 5.69. The van der Waals surface area contributed by atoms with Gasteiger partial charge in [0.05, 0.1) is 6.54 Å². The van der Waals surface area contributed by atoms with Gasteiger partial charge in [0.25, 0.3) is 0 Å². The van der Waals surface area contributed by atoms with Gasteiger partial charge in [-0.05, 0) is 18.2 Å². The Morgan fingerprint density at radius 3 is 3.00 bits per heavy atom. The predicted octanol–water partition coefficient (Wildman–Crippen LogP) is 0.834. The number of ether oxygens (including phenoxy) is 1. The van der Waals surface area contributed by atoms with Gasteiger partial charge < -0.3 is 10.5 Å². The van der Waals surface area contributed by atoms with Crippen molar-refractivity contribution >= 4 is 21.8 Å². The first kappa shape index (κ1) is 13.0. The number of hydrogen-bond acceptors (Lipinski definition) is 4. The first-order valence-electron chi connectivity index (χ1n) is 4.70. The summed E-state index contributed by atoms with van der Waals surface area (Å²) in [6.07, 6.45) is 0. The Labute approximate surface area is 102 Å². The Balaban J connectivity index is 2.09. The number of benzene rings is 1. The van der Waals surface area contributed by atoms with E-state index in [4.69, 9.17) is 15.3 Å².